The summed E-state index contributed by atoms with van der Waals surface area (Å²) in [6.45, 7) is 5.16. The van der Waals surface area contributed by atoms with Crippen molar-refractivity contribution in [3.8, 4) is 0 Å². The summed E-state index contributed by atoms with van der Waals surface area (Å²) in [6, 6.07) is 4.67. The number of halogens is 2. The van der Waals surface area contributed by atoms with Crippen molar-refractivity contribution in [2.75, 3.05) is 13.7 Å². The number of carbonyl (C=O) groups excluding carboxylic acids is 2. The molecule has 1 rings (SSSR count). The van der Waals surface area contributed by atoms with Crippen molar-refractivity contribution in [2.24, 2.45) is 0 Å². The van der Waals surface area contributed by atoms with Crippen LogP contribution < -0.4 is 10.6 Å². The fraction of sp³-hybridized carbons (Fsp3) is 0.529. The molecule has 7 nitrogen and oxygen atoms in total. The summed E-state index contributed by atoms with van der Waals surface area (Å²) in [5, 5.41) is 15.5. The van der Waals surface area contributed by atoms with Gasteiger partial charge in [-0.05, 0) is 67.1 Å². The van der Waals surface area contributed by atoms with E-state index in [0.29, 0.717) is 10.6 Å². The van der Waals surface area contributed by atoms with E-state index in [9.17, 15) is 14.7 Å². The molecule has 1 aromatic rings. The van der Waals surface area contributed by atoms with Gasteiger partial charge in [0.25, 0.3) is 0 Å². The van der Waals surface area contributed by atoms with Gasteiger partial charge in [0.2, 0.25) is 12.3 Å². The topological polar surface area (TPSA) is 96.9 Å². The van der Waals surface area contributed by atoms with Crippen LogP contribution in [-0.4, -0.2) is 42.7 Å². The van der Waals surface area contributed by atoms with Crippen molar-refractivity contribution in [1.29, 1.82) is 0 Å². The van der Waals surface area contributed by atoms with Crippen LogP contribution in [0.5, 0.6) is 0 Å². The van der Waals surface area contributed by atoms with E-state index in [1.54, 1.807) is 32.9 Å². The van der Waals surface area contributed by atoms with Gasteiger partial charge in [0.1, 0.15) is 0 Å². The van der Waals surface area contributed by atoms with E-state index in [-0.39, 0.29) is 13.0 Å². The third-order valence-corrected chi connectivity index (χ3v) is 3.96. The number of aliphatic hydroxyl groups is 1. The first-order valence-corrected chi connectivity index (χ1v) is 9.37. The van der Waals surface area contributed by atoms with Crippen LogP contribution in [0.25, 0.3) is 0 Å². The predicted molar refractivity (Wildman–Crippen MR) is 107 cm³/mol. The molecule has 0 aliphatic carbocycles. The molecule has 2 atom stereocenters. The highest BCUT2D eigenvalue weighted by Crippen LogP contribution is 2.24. The van der Waals surface area contributed by atoms with Crippen LogP contribution in [-0.2, 0) is 19.1 Å². The van der Waals surface area contributed by atoms with Gasteiger partial charge in [0.15, 0.2) is 0 Å². The molecule has 0 aromatic heterocycles. The van der Waals surface area contributed by atoms with E-state index >= 15 is 0 Å². The van der Waals surface area contributed by atoms with Crippen molar-refractivity contribution >= 4 is 46.1 Å². The lowest BCUT2D eigenvalue weighted by Crippen LogP contribution is -2.44. The minimum atomic E-state index is -1.29. The summed E-state index contributed by atoms with van der Waals surface area (Å²) in [5.74, 6) is -0.875. The highest BCUT2D eigenvalue weighted by Gasteiger charge is 2.21. The van der Waals surface area contributed by atoms with Crippen LogP contribution in [0.15, 0.2) is 18.2 Å². The maximum Gasteiger partial charge on any atom is 0.307 e. The second-order valence-electron chi connectivity index (χ2n) is 6.57. The Hall–Kier alpha value is -0.940. The summed E-state index contributed by atoms with van der Waals surface area (Å²) >= 11 is 8.17. The number of carbonyl (C=O) groups is 2. The Kier molecular flexibility index (Phi) is 9.25. The molecule has 146 valence electrons. The Morgan fingerprint density at radius 1 is 1.31 bits per heavy atom. The fourth-order valence-corrected chi connectivity index (χ4v) is 3.20. The quantitative estimate of drug-likeness (QED) is 0.289. The number of ether oxygens (including phenoxy) is 2. The number of hydrogen-bond donors (Lipinski definition) is 3. The molecule has 9 heteroatoms. The number of amides is 1. The molecule has 26 heavy (non-hydrogen) atoms. The molecule has 1 aromatic carbocycles. The van der Waals surface area contributed by atoms with Crippen LogP contribution in [0.2, 0.25) is 5.02 Å². The lowest BCUT2D eigenvalue weighted by molar-refractivity contribution is -0.182. The Labute approximate surface area is 171 Å². The standard InChI is InChI=1S/C17H24ClIN2O5/c1-17(2,3)26-16(24)20-9-14(22)21-13(8-15(23)25-4)10-5-11(18)7-12(19)6-10/h5-7,13,16,20,24H,8-9H2,1-4H3,(H,21,22)/t13-,16?/m0/s1. The van der Waals surface area contributed by atoms with Crippen molar-refractivity contribution in [3.63, 3.8) is 0 Å². The van der Waals surface area contributed by atoms with Gasteiger partial charge < -0.3 is 19.9 Å². The van der Waals surface area contributed by atoms with Gasteiger partial charge in [-0.3, -0.25) is 14.9 Å². The van der Waals surface area contributed by atoms with E-state index in [0.717, 1.165) is 3.57 Å². The minimum absolute atomic E-state index is 0.0420. The molecule has 0 aliphatic heterocycles. The van der Waals surface area contributed by atoms with Gasteiger partial charge in [-0.1, -0.05) is 11.6 Å². The van der Waals surface area contributed by atoms with Gasteiger partial charge in [-0.15, -0.1) is 0 Å². The van der Waals surface area contributed by atoms with E-state index in [1.165, 1.54) is 7.11 Å². The predicted octanol–water partition coefficient (Wildman–Crippen LogP) is 2.35. The largest absolute Gasteiger partial charge is 0.469 e. The molecule has 0 radical (unpaired) electrons. The maximum atomic E-state index is 12.2. The number of benzene rings is 1. The molecule has 0 bridgehead atoms. The maximum absolute atomic E-state index is 12.2. The second-order valence-corrected chi connectivity index (χ2v) is 8.25. The van der Waals surface area contributed by atoms with Crippen molar-refractivity contribution < 1.29 is 24.2 Å². The second kappa shape index (κ2) is 10.4. The Bertz CT molecular complexity index is 616. The molecule has 0 saturated carbocycles. The molecular weight excluding hydrogens is 475 g/mol. The van der Waals surface area contributed by atoms with Crippen molar-refractivity contribution in [3.05, 3.63) is 32.4 Å². The van der Waals surface area contributed by atoms with Gasteiger partial charge in [-0.25, -0.2) is 0 Å². The molecule has 0 saturated heterocycles. The number of methoxy groups -OCH3 is 1. The molecule has 0 spiro atoms. The Balaban J connectivity index is 2.76. The molecule has 0 aliphatic rings. The van der Waals surface area contributed by atoms with Gasteiger partial charge in [-0.2, -0.15) is 0 Å². The number of nitrogens with one attached hydrogen (secondary N) is 2. The molecule has 0 fully saturated rings. The summed E-state index contributed by atoms with van der Waals surface area (Å²) in [7, 11) is 1.28. The highest BCUT2D eigenvalue weighted by molar-refractivity contribution is 14.1. The van der Waals surface area contributed by atoms with E-state index in [4.69, 9.17) is 21.1 Å². The number of aliphatic hydroxyl groups excluding tert-OH is 1. The van der Waals surface area contributed by atoms with Gasteiger partial charge >= 0.3 is 5.97 Å². The van der Waals surface area contributed by atoms with Crippen LogP contribution in [0.4, 0.5) is 0 Å². The summed E-state index contributed by atoms with van der Waals surface area (Å²) in [5.41, 5.74) is 0.125. The average Bonchev–Trinajstić information content (AvgIpc) is 2.49. The number of esters is 1. The van der Waals surface area contributed by atoms with E-state index in [2.05, 4.69) is 33.2 Å². The normalized spacial score (nSPS) is 13.8. The molecule has 1 unspecified atom stereocenters. The zero-order valence-corrected chi connectivity index (χ0v) is 18.1. The molecule has 3 N–H and O–H groups in total. The smallest absolute Gasteiger partial charge is 0.307 e. The van der Waals surface area contributed by atoms with E-state index < -0.39 is 29.9 Å². The van der Waals surface area contributed by atoms with Gasteiger partial charge in [0, 0.05) is 8.59 Å². The summed E-state index contributed by atoms with van der Waals surface area (Å²) < 4.78 is 10.8. The van der Waals surface area contributed by atoms with Gasteiger partial charge in [0.05, 0.1) is 31.7 Å². The summed E-state index contributed by atoms with van der Waals surface area (Å²) in [4.78, 5) is 23.9. The summed E-state index contributed by atoms with van der Waals surface area (Å²) in [6.07, 6.45) is -1.33. The first-order chi connectivity index (χ1) is 12.0. The van der Waals surface area contributed by atoms with Crippen LogP contribution >= 0.6 is 34.2 Å². The lowest BCUT2D eigenvalue weighted by atomic mass is 10.0. The minimum Gasteiger partial charge on any atom is -0.469 e. The SMILES string of the molecule is COC(=O)C[C@H](NC(=O)CNC(O)OC(C)(C)C)c1cc(Cl)cc(I)c1. The Morgan fingerprint density at radius 3 is 2.50 bits per heavy atom. The number of hydrogen-bond acceptors (Lipinski definition) is 6. The van der Waals surface area contributed by atoms with Crippen molar-refractivity contribution in [1.82, 2.24) is 10.6 Å². The fourth-order valence-electron chi connectivity index (χ4n) is 2.08. The van der Waals surface area contributed by atoms with Crippen LogP contribution in [0.3, 0.4) is 0 Å². The highest BCUT2D eigenvalue weighted by atomic mass is 127. The first kappa shape index (κ1) is 23.1. The molecule has 1 amide bonds. The van der Waals surface area contributed by atoms with Crippen LogP contribution in [0, 0.1) is 3.57 Å². The van der Waals surface area contributed by atoms with Crippen molar-refractivity contribution in [2.45, 2.75) is 45.2 Å². The lowest BCUT2D eigenvalue weighted by Gasteiger charge is -2.25. The number of rotatable bonds is 8. The Morgan fingerprint density at radius 2 is 1.96 bits per heavy atom. The third-order valence-electron chi connectivity index (χ3n) is 3.12. The average molecular weight is 499 g/mol. The first-order valence-electron chi connectivity index (χ1n) is 7.91. The molecular formula is C17H24ClIN2O5. The zero-order valence-electron chi connectivity index (χ0n) is 15.1. The van der Waals surface area contributed by atoms with Crippen LogP contribution in [0.1, 0.15) is 38.8 Å². The monoisotopic (exact) mass is 498 g/mol. The molecule has 0 heterocycles. The zero-order chi connectivity index (χ0) is 19.9. The van der Waals surface area contributed by atoms with E-state index in [1.807, 2.05) is 6.07 Å². The third kappa shape index (κ3) is 9.13.